The topological polar surface area (TPSA) is 48.1 Å². The first-order valence-electron chi connectivity index (χ1n) is 9.56. The lowest BCUT2D eigenvalue weighted by Gasteiger charge is -2.35. The van der Waals surface area contributed by atoms with Gasteiger partial charge in [0.25, 0.3) is 0 Å². The molecule has 1 unspecified atom stereocenters. The molecule has 0 radical (unpaired) electrons. The Hall–Kier alpha value is -2.44. The Bertz CT molecular complexity index is 957. The molecule has 4 heterocycles. The summed E-state index contributed by atoms with van der Waals surface area (Å²) in [5.41, 5.74) is 4.84. The van der Waals surface area contributed by atoms with E-state index in [1.165, 1.54) is 22.4 Å². The number of aryl methyl sites for hydroxylation is 2. The van der Waals surface area contributed by atoms with E-state index in [1.807, 2.05) is 24.1 Å². The summed E-state index contributed by atoms with van der Waals surface area (Å²) in [6.45, 7) is 6.52. The van der Waals surface area contributed by atoms with Crippen LogP contribution in [0.15, 0.2) is 42.9 Å². The fourth-order valence-corrected chi connectivity index (χ4v) is 4.33. The van der Waals surface area contributed by atoms with E-state index in [0.717, 1.165) is 38.4 Å². The fraction of sp³-hybridized carbons (Fsp3) is 0.429. The van der Waals surface area contributed by atoms with Gasteiger partial charge in [0.15, 0.2) is 0 Å². The van der Waals surface area contributed by atoms with Crippen molar-refractivity contribution in [2.45, 2.75) is 38.6 Å². The summed E-state index contributed by atoms with van der Waals surface area (Å²) in [5.74, 6) is 1.03. The lowest BCUT2D eigenvalue weighted by Crippen LogP contribution is -2.44. The molecule has 2 aliphatic heterocycles. The maximum absolute atomic E-state index is 6.35. The fourth-order valence-electron chi connectivity index (χ4n) is 4.33. The van der Waals surface area contributed by atoms with Crippen LogP contribution in [0.5, 0.6) is 0 Å². The first-order chi connectivity index (χ1) is 13.1. The number of rotatable bonds is 3. The Kier molecular flexibility index (Phi) is 3.91. The molecule has 1 atom stereocenters. The minimum atomic E-state index is -0.116. The third kappa shape index (κ3) is 3.09. The molecule has 0 bridgehead atoms. The number of fused-ring (bicyclic) bond motifs is 1. The molecule has 0 amide bonds. The van der Waals surface area contributed by atoms with Crippen LogP contribution in [0.1, 0.15) is 23.4 Å². The Balaban J connectivity index is 1.36. The summed E-state index contributed by atoms with van der Waals surface area (Å²) in [5, 5.41) is 4.28. The van der Waals surface area contributed by atoms with Gasteiger partial charge < -0.3 is 9.30 Å². The SMILES string of the molecule is Cc1ccc(-c2cnc3n2CC2(CCN(Cc4cnn(C)c4)C2)OC3)cc1. The largest absolute Gasteiger partial charge is 0.364 e. The van der Waals surface area contributed by atoms with Crippen molar-refractivity contribution in [3.63, 3.8) is 0 Å². The zero-order valence-corrected chi connectivity index (χ0v) is 15.9. The molecule has 5 rings (SSSR count). The van der Waals surface area contributed by atoms with E-state index in [2.05, 4.69) is 56.9 Å². The minimum Gasteiger partial charge on any atom is -0.364 e. The molecule has 140 valence electrons. The van der Waals surface area contributed by atoms with E-state index < -0.39 is 0 Å². The van der Waals surface area contributed by atoms with Crippen LogP contribution in [0, 0.1) is 6.92 Å². The number of ether oxygens (including phenoxy) is 1. The number of hydrogen-bond donors (Lipinski definition) is 0. The monoisotopic (exact) mass is 363 g/mol. The van der Waals surface area contributed by atoms with Crippen LogP contribution in [0.4, 0.5) is 0 Å². The Morgan fingerprint density at radius 2 is 2.00 bits per heavy atom. The molecule has 27 heavy (non-hydrogen) atoms. The summed E-state index contributed by atoms with van der Waals surface area (Å²) >= 11 is 0. The summed E-state index contributed by atoms with van der Waals surface area (Å²) in [6.07, 6.45) is 7.09. The van der Waals surface area contributed by atoms with E-state index in [0.29, 0.717) is 6.61 Å². The van der Waals surface area contributed by atoms with Crippen molar-refractivity contribution >= 4 is 0 Å². The van der Waals surface area contributed by atoms with Gasteiger partial charge in [-0.25, -0.2) is 4.98 Å². The third-order valence-corrected chi connectivity index (χ3v) is 5.80. The van der Waals surface area contributed by atoms with Crippen molar-refractivity contribution < 1.29 is 4.74 Å². The summed E-state index contributed by atoms with van der Waals surface area (Å²) in [6, 6.07) is 8.70. The molecule has 1 fully saturated rings. The van der Waals surface area contributed by atoms with Gasteiger partial charge in [0, 0.05) is 38.4 Å². The van der Waals surface area contributed by atoms with Crippen LogP contribution >= 0.6 is 0 Å². The normalized spacial score (nSPS) is 22.4. The zero-order valence-electron chi connectivity index (χ0n) is 15.9. The van der Waals surface area contributed by atoms with Gasteiger partial charge in [0.1, 0.15) is 18.0 Å². The molecule has 2 aromatic heterocycles. The summed E-state index contributed by atoms with van der Waals surface area (Å²) < 4.78 is 10.6. The lowest BCUT2D eigenvalue weighted by atomic mass is 10.0. The van der Waals surface area contributed by atoms with Crippen LogP contribution < -0.4 is 0 Å². The molecule has 3 aromatic rings. The smallest absolute Gasteiger partial charge is 0.135 e. The van der Waals surface area contributed by atoms with Crippen molar-refractivity contribution in [3.05, 3.63) is 59.8 Å². The van der Waals surface area contributed by atoms with Crippen LogP contribution in [-0.2, 0) is 31.5 Å². The number of likely N-dealkylation sites (tertiary alicyclic amines) is 1. The van der Waals surface area contributed by atoms with Gasteiger partial charge in [-0.15, -0.1) is 0 Å². The second-order valence-corrected chi connectivity index (χ2v) is 7.97. The van der Waals surface area contributed by atoms with Crippen molar-refractivity contribution in [3.8, 4) is 11.3 Å². The molecular formula is C21H25N5O. The number of imidazole rings is 1. The lowest BCUT2D eigenvalue weighted by molar-refractivity contribution is -0.0821. The number of hydrogen-bond acceptors (Lipinski definition) is 4. The number of benzene rings is 1. The molecule has 2 aliphatic rings. The molecule has 1 aromatic carbocycles. The van der Waals surface area contributed by atoms with E-state index in [4.69, 9.17) is 4.74 Å². The average molecular weight is 363 g/mol. The molecule has 1 spiro atoms. The first kappa shape index (κ1) is 16.7. The van der Waals surface area contributed by atoms with Crippen molar-refractivity contribution in [2.75, 3.05) is 13.1 Å². The quantitative estimate of drug-likeness (QED) is 0.718. The molecular weight excluding hydrogens is 338 g/mol. The van der Waals surface area contributed by atoms with Crippen molar-refractivity contribution in [1.29, 1.82) is 0 Å². The summed E-state index contributed by atoms with van der Waals surface area (Å²) in [7, 11) is 1.96. The second-order valence-electron chi connectivity index (χ2n) is 7.97. The molecule has 0 aliphatic carbocycles. The predicted molar refractivity (Wildman–Crippen MR) is 103 cm³/mol. The highest BCUT2D eigenvalue weighted by atomic mass is 16.5. The Labute approximate surface area is 159 Å². The zero-order chi connectivity index (χ0) is 18.4. The Morgan fingerprint density at radius 1 is 1.15 bits per heavy atom. The standard InChI is InChI=1S/C21H25N5O/c1-16-3-5-18(6-4-16)19-10-22-20-13-27-21(15-26(19)20)7-8-25(14-21)12-17-9-23-24(2)11-17/h3-6,9-11H,7-8,12-15H2,1-2H3. The van der Waals surface area contributed by atoms with Gasteiger partial charge >= 0.3 is 0 Å². The molecule has 0 saturated carbocycles. The van der Waals surface area contributed by atoms with E-state index in [9.17, 15) is 0 Å². The van der Waals surface area contributed by atoms with Crippen LogP contribution in [0.25, 0.3) is 11.3 Å². The highest BCUT2D eigenvalue weighted by Gasteiger charge is 2.43. The summed E-state index contributed by atoms with van der Waals surface area (Å²) in [4.78, 5) is 7.09. The van der Waals surface area contributed by atoms with Crippen LogP contribution in [-0.4, -0.2) is 42.9 Å². The third-order valence-electron chi connectivity index (χ3n) is 5.80. The van der Waals surface area contributed by atoms with Gasteiger partial charge in [-0.3, -0.25) is 9.58 Å². The first-order valence-corrected chi connectivity index (χ1v) is 9.56. The van der Waals surface area contributed by atoms with Crippen molar-refractivity contribution in [2.24, 2.45) is 7.05 Å². The highest BCUT2D eigenvalue weighted by Crippen LogP contribution is 2.35. The Morgan fingerprint density at radius 3 is 2.78 bits per heavy atom. The number of nitrogens with zero attached hydrogens (tertiary/aromatic N) is 5. The predicted octanol–water partition coefficient (Wildman–Crippen LogP) is 2.77. The van der Waals surface area contributed by atoms with Crippen LogP contribution in [0.2, 0.25) is 0 Å². The molecule has 0 N–H and O–H groups in total. The van der Waals surface area contributed by atoms with Gasteiger partial charge in [0.05, 0.1) is 24.6 Å². The van der Waals surface area contributed by atoms with E-state index >= 15 is 0 Å². The minimum absolute atomic E-state index is 0.116. The molecule has 6 heteroatoms. The van der Waals surface area contributed by atoms with Gasteiger partial charge in [-0.05, 0) is 18.9 Å². The second kappa shape index (κ2) is 6.32. The number of aromatic nitrogens is 4. The maximum atomic E-state index is 6.35. The average Bonchev–Trinajstić information content (AvgIpc) is 3.36. The van der Waals surface area contributed by atoms with E-state index in [-0.39, 0.29) is 5.60 Å². The highest BCUT2D eigenvalue weighted by molar-refractivity contribution is 5.60. The maximum Gasteiger partial charge on any atom is 0.135 e. The van der Waals surface area contributed by atoms with Gasteiger partial charge in [-0.1, -0.05) is 29.8 Å². The van der Waals surface area contributed by atoms with E-state index in [1.54, 1.807) is 0 Å². The molecule has 1 saturated heterocycles. The molecule has 6 nitrogen and oxygen atoms in total. The van der Waals surface area contributed by atoms with Crippen molar-refractivity contribution in [1.82, 2.24) is 24.2 Å². The van der Waals surface area contributed by atoms with Gasteiger partial charge in [0.2, 0.25) is 0 Å². The van der Waals surface area contributed by atoms with Crippen LogP contribution in [0.3, 0.4) is 0 Å². The van der Waals surface area contributed by atoms with Gasteiger partial charge in [-0.2, -0.15) is 5.10 Å².